The minimum atomic E-state index is -1.46. The predicted octanol–water partition coefficient (Wildman–Crippen LogP) is -3.86. The van der Waals surface area contributed by atoms with Crippen LogP contribution in [0.5, 0.6) is 0 Å². The van der Waals surface area contributed by atoms with Crippen molar-refractivity contribution in [2.75, 3.05) is 6.61 Å². The zero-order valence-electron chi connectivity index (χ0n) is 20.9. The fourth-order valence-corrected chi connectivity index (χ4v) is 2.90. The molecule has 5 atom stereocenters. The van der Waals surface area contributed by atoms with Gasteiger partial charge in [0.2, 0.25) is 29.5 Å². The average Bonchev–Trinajstić information content (AvgIpc) is 2.80. The van der Waals surface area contributed by atoms with E-state index in [2.05, 4.69) is 21.3 Å². The van der Waals surface area contributed by atoms with E-state index in [0.717, 1.165) is 0 Å². The van der Waals surface area contributed by atoms with Crippen molar-refractivity contribution in [2.45, 2.75) is 76.7 Å². The Morgan fingerprint density at radius 3 is 1.73 bits per heavy atom. The van der Waals surface area contributed by atoms with Crippen LogP contribution in [0.1, 0.15) is 46.5 Å². The van der Waals surface area contributed by atoms with Crippen LogP contribution >= 0.6 is 0 Å². The molecule has 0 heterocycles. The molecule has 37 heavy (non-hydrogen) atoms. The minimum Gasteiger partial charge on any atom is -0.481 e. The average molecular weight is 533 g/mol. The number of aliphatic carboxylic acids is 2. The van der Waals surface area contributed by atoms with Crippen molar-refractivity contribution in [3.8, 4) is 0 Å². The van der Waals surface area contributed by atoms with Gasteiger partial charge in [-0.2, -0.15) is 0 Å². The maximum absolute atomic E-state index is 12.8. The zero-order valence-corrected chi connectivity index (χ0v) is 20.9. The summed E-state index contributed by atoms with van der Waals surface area (Å²) in [5, 5.41) is 36.4. The van der Waals surface area contributed by atoms with Crippen LogP contribution in [-0.2, 0) is 33.6 Å². The molecule has 0 unspecified atom stereocenters. The first-order valence-corrected chi connectivity index (χ1v) is 11.4. The number of carbonyl (C=O) groups excluding carboxylic acids is 5. The van der Waals surface area contributed by atoms with E-state index in [0.29, 0.717) is 0 Å². The van der Waals surface area contributed by atoms with E-state index in [1.807, 2.05) is 0 Å². The number of hydrogen-bond acceptors (Lipinski definition) is 9. The van der Waals surface area contributed by atoms with Crippen LogP contribution in [-0.4, -0.2) is 93.6 Å². The molecule has 0 saturated carbocycles. The van der Waals surface area contributed by atoms with Crippen LogP contribution in [0.4, 0.5) is 0 Å². The summed E-state index contributed by atoms with van der Waals surface area (Å²) in [6.07, 6.45) is -1.48. The molecule has 0 aliphatic carbocycles. The van der Waals surface area contributed by atoms with Gasteiger partial charge in [0, 0.05) is 12.8 Å². The molecule has 0 aromatic rings. The predicted molar refractivity (Wildman–Crippen MR) is 126 cm³/mol. The quantitative estimate of drug-likeness (QED) is 0.0873. The Balaban J connectivity index is 5.47. The summed E-state index contributed by atoms with van der Waals surface area (Å²) in [5.74, 6) is -7.47. The van der Waals surface area contributed by atoms with Gasteiger partial charge in [-0.1, -0.05) is 13.8 Å². The Labute approximate surface area is 212 Å². The molecule has 0 radical (unpaired) electrons. The Morgan fingerprint density at radius 1 is 0.730 bits per heavy atom. The second-order valence-corrected chi connectivity index (χ2v) is 8.65. The van der Waals surface area contributed by atoms with Gasteiger partial charge in [-0.15, -0.1) is 0 Å². The molecular formula is C21H36N6O10. The Morgan fingerprint density at radius 2 is 1.27 bits per heavy atom. The summed E-state index contributed by atoms with van der Waals surface area (Å²) in [7, 11) is 0. The zero-order chi connectivity index (χ0) is 28.9. The van der Waals surface area contributed by atoms with Crippen molar-refractivity contribution >= 4 is 41.5 Å². The van der Waals surface area contributed by atoms with E-state index in [1.54, 1.807) is 13.8 Å². The highest BCUT2D eigenvalue weighted by Gasteiger charge is 2.32. The first-order chi connectivity index (χ1) is 17.1. The summed E-state index contributed by atoms with van der Waals surface area (Å²) in [6.45, 7) is 3.73. The highest BCUT2D eigenvalue weighted by atomic mass is 16.4. The molecule has 0 saturated heterocycles. The number of rotatable bonds is 17. The molecule has 0 aliphatic heterocycles. The Bertz CT molecular complexity index is 865. The molecule has 0 bridgehead atoms. The lowest BCUT2D eigenvalue weighted by Crippen LogP contribution is -2.59. The van der Waals surface area contributed by atoms with E-state index in [-0.39, 0.29) is 19.3 Å². The highest BCUT2D eigenvalue weighted by molar-refractivity contribution is 5.95. The summed E-state index contributed by atoms with van der Waals surface area (Å²) in [5.41, 5.74) is 10.4. The monoisotopic (exact) mass is 532 g/mol. The molecule has 0 aromatic carbocycles. The topological polar surface area (TPSA) is 280 Å². The lowest BCUT2D eigenvalue weighted by Gasteiger charge is -2.26. The third-order valence-corrected chi connectivity index (χ3v) is 5.11. The number of aliphatic hydroxyl groups is 1. The van der Waals surface area contributed by atoms with Crippen LogP contribution in [0, 0.1) is 5.92 Å². The van der Waals surface area contributed by atoms with Crippen molar-refractivity contribution < 1.29 is 48.9 Å². The van der Waals surface area contributed by atoms with Crippen molar-refractivity contribution in [1.29, 1.82) is 0 Å². The molecular weight excluding hydrogens is 496 g/mol. The molecule has 0 aromatic heterocycles. The molecule has 16 nitrogen and oxygen atoms in total. The number of carboxylic acids is 2. The number of amides is 5. The molecule has 11 N–H and O–H groups in total. The Kier molecular flexibility index (Phi) is 14.4. The van der Waals surface area contributed by atoms with Gasteiger partial charge in [0.15, 0.2) is 0 Å². The van der Waals surface area contributed by atoms with Gasteiger partial charge in [-0.05, 0) is 25.7 Å². The maximum Gasteiger partial charge on any atom is 0.326 e. The molecule has 0 fully saturated rings. The maximum atomic E-state index is 12.8. The molecule has 16 heteroatoms. The van der Waals surface area contributed by atoms with Crippen molar-refractivity contribution in [1.82, 2.24) is 21.3 Å². The number of primary amides is 1. The SMILES string of the molecule is CC(C)[C@H](NC(=O)[C@@H](N)CO)C(=O)N[C@@H](CCC(=O)O)C(=O)N[C@@H](C)C(=O)N[C@@H](CCC(N)=O)C(=O)O. The molecule has 210 valence electrons. The van der Waals surface area contributed by atoms with E-state index in [4.69, 9.17) is 21.7 Å². The van der Waals surface area contributed by atoms with Gasteiger partial charge in [0.25, 0.3) is 0 Å². The van der Waals surface area contributed by atoms with Crippen molar-refractivity contribution in [3.05, 3.63) is 0 Å². The highest BCUT2D eigenvalue weighted by Crippen LogP contribution is 2.06. The van der Waals surface area contributed by atoms with Gasteiger partial charge in [0.05, 0.1) is 6.61 Å². The molecule has 5 amide bonds. The minimum absolute atomic E-state index is 0.281. The summed E-state index contributed by atoms with van der Waals surface area (Å²) < 4.78 is 0. The standard InChI is InChI=1S/C21H36N6O10/c1-9(2)16(27-18(33)11(22)8-28)20(35)25-12(5-7-15(30)31)19(34)24-10(3)17(32)26-13(21(36)37)4-6-14(23)29/h9-13,16,28H,4-8,22H2,1-3H3,(H2,23,29)(H,24,34)(H,25,35)(H,26,32)(H,27,33)(H,30,31)(H,36,37)/t10-,11-,12-,13-,16-/m0/s1. The van der Waals surface area contributed by atoms with Crippen molar-refractivity contribution in [3.63, 3.8) is 0 Å². The van der Waals surface area contributed by atoms with Crippen LogP contribution in [0.25, 0.3) is 0 Å². The first kappa shape index (κ1) is 33.2. The number of aliphatic hydroxyl groups excluding tert-OH is 1. The van der Waals surface area contributed by atoms with E-state index in [9.17, 15) is 38.7 Å². The number of carbonyl (C=O) groups is 7. The summed E-state index contributed by atoms with van der Waals surface area (Å²) >= 11 is 0. The van der Waals surface area contributed by atoms with Crippen LogP contribution in [0.2, 0.25) is 0 Å². The van der Waals surface area contributed by atoms with E-state index < -0.39 is 90.6 Å². The molecule has 0 rings (SSSR count). The van der Waals surface area contributed by atoms with Gasteiger partial charge in [0.1, 0.15) is 30.2 Å². The van der Waals surface area contributed by atoms with E-state index in [1.165, 1.54) is 6.92 Å². The van der Waals surface area contributed by atoms with Crippen molar-refractivity contribution in [2.24, 2.45) is 17.4 Å². The number of nitrogens with one attached hydrogen (secondary N) is 4. The number of hydrogen-bond donors (Lipinski definition) is 9. The summed E-state index contributed by atoms with van der Waals surface area (Å²) in [4.78, 5) is 83.3. The normalized spacial score (nSPS) is 14.9. The Hall–Kier alpha value is -3.79. The second-order valence-electron chi connectivity index (χ2n) is 8.65. The molecule has 0 aliphatic rings. The number of carboxylic acid groups (broad SMARTS) is 2. The summed E-state index contributed by atoms with van der Waals surface area (Å²) in [6, 6.07) is -6.68. The first-order valence-electron chi connectivity index (χ1n) is 11.4. The van der Waals surface area contributed by atoms with Gasteiger partial charge in [-0.25, -0.2) is 4.79 Å². The fourth-order valence-electron chi connectivity index (χ4n) is 2.90. The lowest BCUT2D eigenvalue weighted by molar-refractivity contribution is -0.142. The molecule has 0 spiro atoms. The van der Waals surface area contributed by atoms with Crippen LogP contribution in [0.15, 0.2) is 0 Å². The largest absolute Gasteiger partial charge is 0.481 e. The third kappa shape index (κ3) is 12.6. The number of nitrogens with two attached hydrogens (primary N) is 2. The van der Waals surface area contributed by atoms with Crippen LogP contribution < -0.4 is 32.7 Å². The van der Waals surface area contributed by atoms with Crippen LogP contribution in [0.3, 0.4) is 0 Å². The van der Waals surface area contributed by atoms with E-state index >= 15 is 0 Å². The van der Waals surface area contributed by atoms with Gasteiger partial charge in [-0.3, -0.25) is 28.8 Å². The second kappa shape index (κ2) is 16.1. The van der Waals surface area contributed by atoms with Gasteiger partial charge < -0.3 is 48.1 Å². The lowest BCUT2D eigenvalue weighted by atomic mass is 10.0. The fraction of sp³-hybridized carbons (Fsp3) is 0.667. The third-order valence-electron chi connectivity index (χ3n) is 5.11. The van der Waals surface area contributed by atoms with Gasteiger partial charge >= 0.3 is 11.9 Å². The smallest absolute Gasteiger partial charge is 0.326 e.